The lowest BCUT2D eigenvalue weighted by molar-refractivity contribution is -0.120. The molecule has 5 nitrogen and oxygen atoms in total. The van der Waals surface area contributed by atoms with Crippen molar-refractivity contribution in [3.05, 3.63) is 84.4 Å². The number of para-hydroxylation sites is 1. The van der Waals surface area contributed by atoms with Crippen LogP contribution in [-0.4, -0.2) is 31.7 Å². The molecular formula is C27H30N2O3S. The van der Waals surface area contributed by atoms with Crippen molar-refractivity contribution in [2.45, 2.75) is 37.5 Å². The van der Waals surface area contributed by atoms with Gasteiger partial charge in [-0.1, -0.05) is 74.5 Å². The highest BCUT2D eigenvalue weighted by Gasteiger charge is 2.32. The lowest BCUT2D eigenvalue weighted by Gasteiger charge is -2.30. The molecule has 0 aromatic heterocycles. The summed E-state index contributed by atoms with van der Waals surface area (Å²) < 4.78 is 27.6. The molecule has 172 valence electrons. The molecule has 0 unspecified atom stereocenters. The third-order valence-corrected chi connectivity index (χ3v) is 8.19. The van der Waals surface area contributed by atoms with E-state index in [1.54, 1.807) is 12.1 Å². The average Bonchev–Trinajstić information content (AvgIpc) is 2.85. The normalized spacial score (nSPS) is 15.5. The number of sulfonamides is 1. The molecule has 1 heterocycles. The summed E-state index contributed by atoms with van der Waals surface area (Å²) in [5.74, 6) is 0.0725. The maximum Gasteiger partial charge on any atom is 0.243 e. The molecule has 1 aliphatic heterocycles. The molecule has 4 rings (SSSR count). The van der Waals surface area contributed by atoms with E-state index in [9.17, 15) is 13.2 Å². The minimum atomic E-state index is -3.55. The fourth-order valence-electron chi connectivity index (χ4n) is 4.23. The largest absolute Gasteiger partial charge is 0.325 e. The van der Waals surface area contributed by atoms with Crippen LogP contribution in [0.1, 0.15) is 38.2 Å². The van der Waals surface area contributed by atoms with Crippen LogP contribution < -0.4 is 5.32 Å². The van der Waals surface area contributed by atoms with Crippen molar-refractivity contribution in [3.8, 4) is 11.1 Å². The van der Waals surface area contributed by atoms with Gasteiger partial charge >= 0.3 is 0 Å². The van der Waals surface area contributed by atoms with E-state index < -0.39 is 10.0 Å². The molecule has 0 spiro atoms. The van der Waals surface area contributed by atoms with Crippen molar-refractivity contribution in [2.24, 2.45) is 5.92 Å². The van der Waals surface area contributed by atoms with E-state index in [2.05, 4.69) is 19.2 Å². The maximum atomic E-state index is 13.1. The first kappa shape index (κ1) is 23.2. The molecule has 1 N–H and O–H groups in total. The number of nitrogens with one attached hydrogen (secondary N) is 1. The first-order valence-corrected chi connectivity index (χ1v) is 12.9. The van der Waals surface area contributed by atoms with Crippen molar-refractivity contribution >= 4 is 21.6 Å². The van der Waals surface area contributed by atoms with Crippen LogP contribution in [-0.2, 0) is 14.8 Å². The number of carbonyl (C=O) groups excluding carboxylic acids is 1. The van der Waals surface area contributed by atoms with Gasteiger partial charge in [-0.25, -0.2) is 8.42 Å². The maximum absolute atomic E-state index is 13.1. The molecule has 0 bridgehead atoms. The molecular weight excluding hydrogens is 432 g/mol. The molecule has 3 aromatic rings. The Kier molecular flexibility index (Phi) is 6.96. The third-order valence-electron chi connectivity index (χ3n) is 6.28. The highest BCUT2D eigenvalue weighted by molar-refractivity contribution is 7.89. The number of hydrogen-bond donors (Lipinski definition) is 1. The number of rotatable bonds is 6. The number of amides is 1. The summed E-state index contributed by atoms with van der Waals surface area (Å²) in [6.45, 7) is 4.84. The minimum absolute atomic E-state index is 0.0586. The number of anilines is 1. The van der Waals surface area contributed by atoms with Gasteiger partial charge in [-0.15, -0.1) is 0 Å². The van der Waals surface area contributed by atoms with Crippen LogP contribution in [0, 0.1) is 5.92 Å². The van der Waals surface area contributed by atoms with Crippen LogP contribution >= 0.6 is 0 Å². The van der Waals surface area contributed by atoms with Crippen molar-refractivity contribution < 1.29 is 13.2 Å². The molecule has 6 heteroatoms. The second kappa shape index (κ2) is 9.89. The lowest BCUT2D eigenvalue weighted by atomic mass is 9.96. The predicted molar refractivity (Wildman–Crippen MR) is 133 cm³/mol. The third kappa shape index (κ3) is 5.18. The Bertz CT molecular complexity index is 1200. The van der Waals surface area contributed by atoms with E-state index >= 15 is 0 Å². The zero-order chi connectivity index (χ0) is 23.4. The Morgan fingerprint density at radius 2 is 1.48 bits per heavy atom. The fourth-order valence-corrected chi connectivity index (χ4v) is 5.70. The highest BCUT2D eigenvalue weighted by atomic mass is 32.2. The van der Waals surface area contributed by atoms with Gasteiger partial charge < -0.3 is 5.32 Å². The fraction of sp³-hybridized carbons (Fsp3) is 0.296. The van der Waals surface area contributed by atoms with Gasteiger partial charge in [0.05, 0.1) is 4.90 Å². The summed E-state index contributed by atoms with van der Waals surface area (Å²) in [5, 5.41) is 3.07. The van der Waals surface area contributed by atoms with Crippen LogP contribution in [0.3, 0.4) is 0 Å². The zero-order valence-corrected chi connectivity index (χ0v) is 19.9. The summed E-state index contributed by atoms with van der Waals surface area (Å²) in [4.78, 5) is 13.3. The predicted octanol–water partition coefficient (Wildman–Crippen LogP) is 5.52. The van der Waals surface area contributed by atoms with E-state index in [4.69, 9.17) is 0 Å². The number of nitrogens with zero attached hydrogens (tertiary/aromatic N) is 1. The van der Waals surface area contributed by atoms with Gasteiger partial charge in [0.25, 0.3) is 0 Å². The quantitative estimate of drug-likeness (QED) is 0.525. The monoisotopic (exact) mass is 462 g/mol. The Hall–Kier alpha value is -2.96. The average molecular weight is 463 g/mol. The van der Waals surface area contributed by atoms with E-state index in [0.29, 0.717) is 36.7 Å². The van der Waals surface area contributed by atoms with Gasteiger partial charge in [-0.3, -0.25) is 4.79 Å². The molecule has 1 amide bonds. The molecule has 3 aromatic carbocycles. The number of hydrogen-bond acceptors (Lipinski definition) is 3. The smallest absolute Gasteiger partial charge is 0.243 e. The minimum Gasteiger partial charge on any atom is -0.325 e. The summed E-state index contributed by atoms with van der Waals surface area (Å²) in [7, 11) is -3.55. The van der Waals surface area contributed by atoms with Gasteiger partial charge in [0.2, 0.25) is 15.9 Å². The summed E-state index contributed by atoms with van der Waals surface area (Å²) in [6.07, 6.45) is 1.01. The Morgan fingerprint density at radius 1 is 0.879 bits per heavy atom. The number of benzene rings is 3. The van der Waals surface area contributed by atoms with Gasteiger partial charge in [0.1, 0.15) is 0 Å². The van der Waals surface area contributed by atoms with Gasteiger partial charge in [0.15, 0.2) is 0 Å². The Morgan fingerprint density at radius 3 is 2.12 bits per heavy atom. The van der Waals surface area contributed by atoms with Crippen LogP contribution in [0.25, 0.3) is 11.1 Å². The molecule has 0 radical (unpaired) electrons. The molecule has 0 atom stereocenters. The van der Waals surface area contributed by atoms with Crippen LogP contribution in [0.2, 0.25) is 0 Å². The van der Waals surface area contributed by atoms with E-state index in [1.807, 2.05) is 66.7 Å². The van der Waals surface area contributed by atoms with Crippen LogP contribution in [0.5, 0.6) is 0 Å². The number of piperidine rings is 1. The van der Waals surface area contributed by atoms with E-state index in [0.717, 1.165) is 22.4 Å². The molecule has 1 aliphatic rings. The van der Waals surface area contributed by atoms with Crippen molar-refractivity contribution in [3.63, 3.8) is 0 Å². The molecule has 0 saturated carbocycles. The molecule has 1 fully saturated rings. The van der Waals surface area contributed by atoms with E-state index in [1.165, 1.54) is 4.31 Å². The lowest BCUT2D eigenvalue weighted by Crippen LogP contribution is -2.41. The van der Waals surface area contributed by atoms with Crippen LogP contribution in [0.15, 0.2) is 83.8 Å². The SMILES string of the molecule is CC(C)c1ccc(S(=O)(=O)N2CCC(C(=O)Nc3ccccc3-c3ccccc3)CC2)cc1. The van der Waals surface area contributed by atoms with Crippen molar-refractivity contribution in [1.29, 1.82) is 0 Å². The van der Waals surface area contributed by atoms with E-state index in [-0.39, 0.29) is 11.8 Å². The first-order chi connectivity index (χ1) is 15.9. The van der Waals surface area contributed by atoms with Gasteiger partial charge in [-0.2, -0.15) is 4.31 Å². The zero-order valence-electron chi connectivity index (χ0n) is 19.1. The first-order valence-electron chi connectivity index (χ1n) is 11.4. The number of carbonyl (C=O) groups is 1. The Labute approximate surface area is 196 Å². The summed E-state index contributed by atoms with van der Waals surface area (Å²) in [5.41, 5.74) is 3.89. The second-order valence-corrected chi connectivity index (χ2v) is 10.7. The van der Waals surface area contributed by atoms with Crippen LogP contribution in [0.4, 0.5) is 5.69 Å². The standard InChI is InChI=1S/C27H30N2O3S/c1-20(2)21-12-14-24(15-13-21)33(31,32)29-18-16-23(17-19-29)27(30)28-26-11-7-6-10-25(26)22-8-4-3-5-9-22/h3-15,20,23H,16-19H2,1-2H3,(H,28,30). The molecule has 33 heavy (non-hydrogen) atoms. The van der Waals surface area contributed by atoms with Crippen molar-refractivity contribution in [2.75, 3.05) is 18.4 Å². The highest BCUT2D eigenvalue weighted by Crippen LogP contribution is 2.30. The Balaban J connectivity index is 1.41. The molecule has 0 aliphatic carbocycles. The topological polar surface area (TPSA) is 66.5 Å². The van der Waals surface area contributed by atoms with Gasteiger partial charge in [0, 0.05) is 30.3 Å². The summed E-state index contributed by atoms with van der Waals surface area (Å²) in [6, 6.07) is 24.8. The molecule has 1 saturated heterocycles. The summed E-state index contributed by atoms with van der Waals surface area (Å²) >= 11 is 0. The van der Waals surface area contributed by atoms with Crippen molar-refractivity contribution in [1.82, 2.24) is 4.31 Å². The van der Waals surface area contributed by atoms with Gasteiger partial charge in [-0.05, 0) is 48.1 Å². The second-order valence-electron chi connectivity index (χ2n) is 8.80.